The quantitative estimate of drug-likeness (QED) is 0.513. The number of hydrogen-bond donors (Lipinski definition) is 0. The summed E-state index contributed by atoms with van der Waals surface area (Å²) < 4.78 is 7.01. The van der Waals surface area contributed by atoms with E-state index in [4.69, 9.17) is 9.84 Å². The normalized spacial score (nSPS) is 14.4. The largest absolute Gasteiger partial charge is 0.466 e. The number of amides is 1. The number of piperazine rings is 1. The minimum Gasteiger partial charge on any atom is -0.466 e. The molecule has 1 saturated heterocycles. The molecule has 0 saturated carbocycles. The first-order valence-corrected chi connectivity index (χ1v) is 11.9. The van der Waals surface area contributed by atoms with Crippen LogP contribution in [0.2, 0.25) is 0 Å². The molecule has 8 heteroatoms. The molecule has 2 heterocycles. The van der Waals surface area contributed by atoms with E-state index < -0.39 is 0 Å². The van der Waals surface area contributed by atoms with Crippen LogP contribution in [0.4, 0.5) is 5.82 Å². The fourth-order valence-corrected chi connectivity index (χ4v) is 4.18. The summed E-state index contributed by atoms with van der Waals surface area (Å²) in [5, 5.41) is 4.90. The lowest BCUT2D eigenvalue weighted by Gasteiger charge is -2.35. The lowest BCUT2D eigenvalue weighted by molar-refractivity contribution is -0.145. The highest BCUT2D eigenvalue weighted by Gasteiger charge is 2.27. The van der Waals surface area contributed by atoms with Crippen molar-refractivity contribution in [3.8, 4) is 5.69 Å². The van der Waals surface area contributed by atoms with Crippen molar-refractivity contribution in [2.24, 2.45) is 0 Å². The highest BCUT2D eigenvalue weighted by molar-refractivity contribution is 5.81. The fraction of sp³-hybridized carbons (Fsp3) is 0.560. The third kappa shape index (κ3) is 6.35. The van der Waals surface area contributed by atoms with Crippen LogP contribution in [-0.2, 0) is 20.9 Å². The van der Waals surface area contributed by atoms with Crippen molar-refractivity contribution in [3.63, 3.8) is 0 Å². The van der Waals surface area contributed by atoms with E-state index in [1.54, 1.807) is 6.92 Å². The van der Waals surface area contributed by atoms with Crippen LogP contribution in [0.1, 0.15) is 44.4 Å². The molecule has 1 amide bonds. The van der Waals surface area contributed by atoms with Gasteiger partial charge in [0.25, 0.3) is 0 Å². The van der Waals surface area contributed by atoms with E-state index >= 15 is 0 Å². The number of carbonyl (C=O) groups excluding carboxylic acids is 2. The number of nitrogens with zero attached hydrogens (tertiary/aromatic N) is 5. The van der Waals surface area contributed by atoms with Crippen LogP contribution in [0.25, 0.3) is 5.69 Å². The van der Waals surface area contributed by atoms with Crippen LogP contribution < -0.4 is 4.90 Å². The topological polar surface area (TPSA) is 70.9 Å². The maximum absolute atomic E-state index is 13.0. The van der Waals surface area contributed by atoms with Gasteiger partial charge in [0.05, 0.1) is 31.0 Å². The third-order valence-electron chi connectivity index (χ3n) is 6.00. The van der Waals surface area contributed by atoms with Crippen molar-refractivity contribution in [2.45, 2.75) is 46.6 Å². The molecule has 1 aromatic heterocycles. The van der Waals surface area contributed by atoms with E-state index in [1.807, 2.05) is 34.7 Å². The Morgan fingerprint density at radius 1 is 1.06 bits per heavy atom. The van der Waals surface area contributed by atoms with Gasteiger partial charge in [-0.2, -0.15) is 5.10 Å². The number of aromatic nitrogens is 2. The first-order chi connectivity index (χ1) is 15.9. The van der Waals surface area contributed by atoms with Gasteiger partial charge in [-0.15, -0.1) is 0 Å². The number of anilines is 1. The Kier molecular flexibility index (Phi) is 8.88. The zero-order valence-corrected chi connectivity index (χ0v) is 20.4. The summed E-state index contributed by atoms with van der Waals surface area (Å²) in [7, 11) is 2.14. The summed E-state index contributed by atoms with van der Waals surface area (Å²) in [5.74, 6) is 0.709. The molecule has 0 aliphatic carbocycles. The lowest BCUT2D eigenvalue weighted by Crippen LogP contribution is -2.45. The van der Waals surface area contributed by atoms with Gasteiger partial charge in [0.2, 0.25) is 5.91 Å². The van der Waals surface area contributed by atoms with Crippen LogP contribution in [0.3, 0.4) is 0 Å². The summed E-state index contributed by atoms with van der Waals surface area (Å²) in [5.41, 5.74) is 3.00. The van der Waals surface area contributed by atoms with Gasteiger partial charge in [0.15, 0.2) is 0 Å². The maximum Gasteiger partial charge on any atom is 0.306 e. The first-order valence-electron chi connectivity index (χ1n) is 11.9. The lowest BCUT2D eigenvalue weighted by atomic mass is 10.1. The van der Waals surface area contributed by atoms with Gasteiger partial charge < -0.3 is 19.4 Å². The Morgan fingerprint density at radius 2 is 1.76 bits per heavy atom. The summed E-state index contributed by atoms with van der Waals surface area (Å²) in [6.07, 6.45) is 1.12. The predicted molar refractivity (Wildman–Crippen MR) is 130 cm³/mol. The van der Waals surface area contributed by atoms with Gasteiger partial charge >= 0.3 is 5.97 Å². The third-order valence-corrected chi connectivity index (χ3v) is 6.00. The molecule has 180 valence electrons. The number of esters is 1. The molecule has 0 unspecified atom stereocenters. The number of aryl methyl sites for hydroxylation is 1. The van der Waals surface area contributed by atoms with Gasteiger partial charge in [0, 0.05) is 44.7 Å². The maximum atomic E-state index is 13.0. The molecule has 0 spiro atoms. The van der Waals surface area contributed by atoms with E-state index in [0.717, 1.165) is 55.4 Å². The second-order valence-electron chi connectivity index (χ2n) is 8.55. The monoisotopic (exact) mass is 455 g/mol. The molecule has 1 aliphatic heterocycles. The number of likely N-dealkylation sites (N-methyl/N-ethyl adjacent to an activating group) is 1. The number of ether oxygens (including phenoxy) is 1. The number of benzene rings is 1. The zero-order chi connectivity index (χ0) is 23.8. The molecule has 0 bridgehead atoms. The molecule has 8 nitrogen and oxygen atoms in total. The Morgan fingerprint density at radius 3 is 2.39 bits per heavy atom. The number of carbonyl (C=O) groups is 2. The van der Waals surface area contributed by atoms with Crippen LogP contribution in [-0.4, -0.2) is 77.8 Å². The van der Waals surface area contributed by atoms with E-state index in [1.165, 1.54) is 0 Å². The van der Waals surface area contributed by atoms with Crippen molar-refractivity contribution in [1.82, 2.24) is 19.6 Å². The van der Waals surface area contributed by atoms with E-state index in [9.17, 15) is 9.59 Å². The van der Waals surface area contributed by atoms with E-state index in [0.29, 0.717) is 19.7 Å². The SMILES string of the molecule is CCCN(Cc1c(C)nn(-c2ccccc2)c1N1CCN(C)CC1)C(=O)CCC(=O)OCC. The second kappa shape index (κ2) is 11.8. The predicted octanol–water partition coefficient (Wildman–Crippen LogP) is 3.01. The van der Waals surface area contributed by atoms with Crippen molar-refractivity contribution in [2.75, 3.05) is 51.3 Å². The summed E-state index contributed by atoms with van der Waals surface area (Å²) >= 11 is 0. The molecule has 2 aromatic rings. The molecular weight excluding hydrogens is 418 g/mol. The minimum atomic E-state index is -0.325. The minimum absolute atomic E-state index is 0.0268. The molecule has 1 aromatic carbocycles. The Hall–Kier alpha value is -2.87. The first kappa shape index (κ1) is 24.8. The molecule has 1 aliphatic rings. The summed E-state index contributed by atoms with van der Waals surface area (Å²) in [6, 6.07) is 10.2. The molecular formula is C25H37N5O3. The average molecular weight is 456 g/mol. The standard InChI is InChI=1S/C25H37N5O3/c1-5-14-29(23(31)12-13-24(32)33-6-2)19-22-20(3)26-30(21-10-8-7-9-11-21)25(22)28-17-15-27(4)16-18-28/h7-11H,5-6,12-19H2,1-4H3. The van der Waals surface area contributed by atoms with Crippen LogP contribution in [0.15, 0.2) is 30.3 Å². The summed E-state index contributed by atoms with van der Waals surface area (Å²) in [4.78, 5) is 31.4. The highest BCUT2D eigenvalue weighted by Crippen LogP contribution is 2.30. The summed E-state index contributed by atoms with van der Waals surface area (Å²) in [6.45, 7) is 11.1. The van der Waals surface area contributed by atoms with Gasteiger partial charge in [-0.25, -0.2) is 4.68 Å². The molecule has 3 rings (SSSR count). The molecule has 0 radical (unpaired) electrons. The number of para-hydroxylation sites is 1. The Labute approximate surface area is 197 Å². The smallest absolute Gasteiger partial charge is 0.306 e. The van der Waals surface area contributed by atoms with E-state index in [-0.39, 0.29) is 24.7 Å². The molecule has 0 N–H and O–H groups in total. The molecule has 33 heavy (non-hydrogen) atoms. The van der Waals surface area contributed by atoms with Crippen molar-refractivity contribution >= 4 is 17.7 Å². The second-order valence-corrected chi connectivity index (χ2v) is 8.55. The van der Waals surface area contributed by atoms with Crippen LogP contribution in [0, 0.1) is 6.92 Å². The van der Waals surface area contributed by atoms with Gasteiger partial charge in [-0.05, 0) is 39.4 Å². The Bertz CT molecular complexity index is 920. The Balaban J connectivity index is 1.90. The average Bonchev–Trinajstić information content (AvgIpc) is 3.14. The van der Waals surface area contributed by atoms with Crippen LogP contribution in [0.5, 0.6) is 0 Å². The van der Waals surface area contributed by atoms with Crippen molar-refractivity contribution in [1.29, 1.82) is 0 Å². The highest BCUT2D eigenvalue weighted by atomic mass is 16.5. The molecule has 1 fully saturated rings. The molecule has 0 atom stereocenters. The number of hydrogen-bond acceptors (Lipinski definition) is 6. The fourth-order valence-electron chi connectivity index (χ4n) is 4.18. The van der Waals surface area contributed by atoms with Crippen LogP contribution >= 0.6 is 0 Å². The van der Waals surface area contributed by atoms with Gasteiger partial charge in [0.1, 0.15) is 5.82 Å². The van der Waals surface area contributed by atoms with Crippen molar-refractivity contribution in [3.05, 3.63) is 41.6 Å². The van der Waals surface area contributed by atoms with Gasteiger partial charge in [-0.3, -0.25) is 9.59 Å². The zero-order valence-electron chi connectivity index (χ0n) is 20.4. The van der Waals surface area contributed by atoms with Crippen molar-refractivity contribution < 1.29 is 14.3 Å². The van der Waals surface area contributed by atoms with E-state index in [2.05, 4.69) is 35.9 Å². The van der Waals surface area contributed by atoms with Gasteiger partial charge in [-0.1, -0.05) is 25.1 Å². The number of rotatable bonds is 10.